The number of fused-ring (bicyclic) bond motifs is 1. The number of aromatic nitrogens is 2. The number of rotatable bonds is 6. The van der Waals surface area contributed by atoms with Crippen molar-refractivity contribution in [3.8, 4) is 5.75 Å². The smallest absolute Gasteiger partial charge is 0.403 e. The molecule has 1 amide bonds. The predicted molar refractivity (Wildman–Crippen MR) is 130 cm³/mol. The molecule has 3 heterocycles. The SMILES string of the molecule is C[C@@H]1CCc2ncnc(N3CCN(C(=O)[C@H](NC4CCOCC4)c4ccc(OC(F)(F)F)c(F)c4)CC3)c21. The van der Waals surface area contributed by atoms with Gasteiger partial charge in [-0.1, -0.05) is 13.0 Å². The second-order valence-electron chi connectivity index (χ2n) is 10.0. The minimum absolute atomic E-state index is 0.0433. The number of piperazine rings is 1. The highest BCUT2D eigenvalue weighted by molar-refractivity contribution is 5.83. The first-order valence-corrected chi connectivity index (χ1v) is 13.0. The summed E-state index contributed by atoms with van der Waals surface area (Å²) in [6.45, 7) is 5.29. The second kappa shape index (κ2) is 11.0. The molecular weight excluding hydrogens is 506 g/mol. The minimum Gasteiger partial charge on any atom is -0.403 e. The van der Waals surface area contributed by atoms with E-state index in [-0.39, 0.29) is 17.5 Å². The zero-order chi connectivity index (χ0) is 26.9. The monoisotopic (exact) mass is 537 g/mol. The van der Waals surface area contributed by atoms with Gasteiger partial charge in [-0.3, -0.25) is 10.1 Å². The lowest BCUT2D eigenvalue weighted by atomic mass is 10.0. The second-order valence-corrected chi connectivity index (χ2v) is 10.0. The van der Waals surface area contributed by atoms with Crippen molar-refractivity contribution in [1.29, 1.82) is 0 Å². The number of benzene rings is 1. The Bertz CT molecular complexity index is 1150. The van der Waals surface area contributed by atoms with Gasteiger partial charge in [0.1, 0.15) is 18.2 Å². The number of carbonyl (C=O) groups is 1. The van der Waals surface area contributed by atoms with E-state index < -0.39 is 24.0 Å². The highest BCUT2D eigenvalue weighted by Gasteiger charge is 2.35. The van der Waals surface area contributed by atoms with Gasteiger partial charge in [-0.15, -0.1) is 13.2 Å². The fraction of sp³-hybridized carbons (Fsp3) is 0.577. The summed E-state index contributed by atoms with van der Waals surface area (Å²) in [6, 6.07) is 2.21. The molecule has 0 unspecified atom stereocenters. The number of amides is 1. The van der Waals surface area contributed by atoms with E-state index in [1.165, 1.54) is 11.6 Å². The van der Waals surface area contributed by atoms with Gasteiger partial charge < -0.3 is 19.3 Å². The number of anilines is 1. The third-order valence-electron chi connectivity index (χ3n) is 7.53. The molecule has 12 heteroatoms. The summed E-state index contributed by atoms with van der Waals surface area (Å²) >= 11 is 0. The molecule has 2 aliphatic heterocycles. The van der Waals surface area contributed by atoms with Crippen LogP contribution >= 0.6 is 0 Å². The topological polar surface area (TPSA) is 79.8 Å². The molecule has 3 aliphatic rings. The number of nitrogens with one attached hydrogen (secondary N) is 1. The first kappa shape index (κ1) is 26.6. The highest BCUT2D eigenvalue weighted by Crippen LogP contribution is 2.37. The van der Waals surface area contributed by atoms with Crippen molar-refractivity contribution in [2.24, 2.45) is 0 Å². The average Bonchev–Trinajstić information content (AvgIpc) is 3.29. The van der Waals surface area contributed by atoms with Gasteiger partial charge >= 0.3 is 6.36 Å². The summed E-state index contributed by atoms with van der Waals surface area (Å²) < 4.78 is 61.6. The molecule has 2 aromatic rings. The van der Waals surface area contributed by atoms with Crippen LogP contribution in [-0.4, -0.2) is 72.6 Å². The Balaban J connectivity index is 1.32. The van der Waals surface area contributed by atoms with E-state index in [9.17, 15) is 22.4 Å². The molecule has 38 heavy (non-hydrogen) atoms. The maximum absolute atomic E-state index is 14.6. The van der Waals surface area contributed by atoms with E-state index in [2.05, 4.69) is 31.8 Å². The molecule has 5 rings (SSSR count). The first-order chi connectivity index (χ1) is 18.2. The molecule has 2 atom stereocenters. The molecule has 0 bridgehead atoms. The van der Waals surface area contributed by atoms with Gasteiger partial charge in [-0.05, 0) is 49.3 Å². The number of hydrogen-bond acceptors (Lipinski definition) is 7. The fourth-order valence-corrected chi connectivity index (χ4v) is 5.51. The van der Waals surface area contributed by atoms with Gasteiger partial charge in [0, 0.05) is 56.7 Å². The molecule has 206 valence electrons. The Kier molecular flexibility index (Phi) is 7.71. The molecule has 8 nitrogen and oxygen atoms in total. The predicted octanol–water partition coefficient (Wildman–Crippen LogP) is 3.72. The first-order valence-electron chi connectivity index (χ1n) is 13.0. The number of halogens is 4. The summed E-state index contributed by atoms with van der Waals surface area (Å²) in [6.07, 6.45) is -0.0914. The minimum atomic E-state index is -5.01. The van der Waals surface area contributed by atoms with Crippen LogP contribution in [0.3, 0.4) is 0 Å². The van der Waals surface area contributed by atoms with Crippen LogP contribution in [0.1, 0.15) is 55.0 Å². The number of alkyl halides is 3. The molecule has 1 N–H and O–H groups in total. The summed E-state index contributed by atoms with van der Waals surface area (Å²) in [4.78, 5) is 26.6. The van der Waals surface area contributed by atoms with Crippen LogP contribution < -0.4 is 15.0 Å². The van der Waals surface area contributed by atoms with E-state index in [0.717, 1.165) is 36.5 Å². The Labute approximate surface area is 218 Å². The molecule has 0 spiro atoms. The van der Waals surface area contributed by atoms with Crippen LogP contribution in [0.4, 0.5) is 23.4 Å². The fourth-order valence-electron chi connectivity index (χ4n) is 5.51. The lowest BCUT2D eigenvalue weighted by molar-refractivity contribution is -0.275. The maximum Gasteiger partial charge on any atom is 0.573 e. The van der Waals surface area contributed by atoms with Gasteiger partial charge in [0.05, 0.1) is 0 Å². The van der Waals surface area contributed by atoms with Crippen LogP contribution in [0.5, 0.6) is 5.75 Å². The summed E-state index contributed by atoms with van der Waals surface area (Å²) in [5.74, 6) is -1.05. The third kappa shape index (κ3) is 5.85. The molecule has 0 saturated carbocycles. The highest BCUT2D eigenvalue weighted by atomic mass is 19.4. The Morgan fingerprint density at radius 1 is 1.13 bits per heavy atom. The Morgan fingerprint density at radius 3 is 2.55 bits per heavy atom. The van der Waals surface area contributed by atoms with Gasteiger partial charge in [-0.25, -0.2) is 14.4 Å². The summed E-state index contributed by atoms with van der Waals surface area (Å²) in [5, 5.41) is 3.31. The molecule has 1 aliphatic carbocycles. The number of hydrogen-bond donors (Lipinski definition) is 1. The van der Waals surface area contributed by atoms with Gasteiger partial charge in [0.2, 0.25) is 5.91 Å². The van der Waals surface area contributed by atoms with E-state index in [4.69, 9.17) is 4.74 Å². The lowest BCUT2D eigenvalue weighted by Gasteiger charge is -2.39. The molecule has 0 radical (unpaired) electrons. The van der Waals surface area contributed by atoms with E-state index in [0.29, 0.717) is 58.2 Å². The quantitative estimate of drug-likeness (QED) is 0.563. The van der Waals surface area contributed by atoms with Crippen molar-refractivity contribution in [2.75, 3.05) is 44.3 Å². The van der Waals surface area contributed by atoms with Gasteiger partial charge in [0.25, 0.3) is 0 Å². The van der Waals surface area contributed by atoms with E-state index in [1.807, 2.05) is 0 Å². The van der Waals surface area contributed by atoms with Gasteiger partial charge in [0.15, 0.2) is 11.6 Å². The number of ether oxygens (including phenoxy) is 2. The number of nitrogens with zero attached hydrogens (tertiary/aromatic N) is 4. The number of carbonyl (C=O) groups excluding carboxylic acids is 1. The van der Waals surface area contributed by atoms with Crippen molar-refractivity contribution in [3.63, 3.8) is 0 Å². The van der Waals surface area contributed by atoms with Crippen LogP contribution in [0.25, 0.3) is 0 Å². The molecule has 2 saturated heterocycles. The number of aryl methyl sites for hydroxylation is 1. The van der Waals surface area contributed by atoms with Crippen molar-refractivity contribution < 1.29 is 31.8 Å². The molecular formula is C26H31F4N5O3. The standard InChI is InChI=1S/C26H31F4N5O3/c1-16-2-4-20-22(16)24(32-15-31-20)34-8-10-35(11-9-34)25(36)23(33-18-6-12-37-13-7-18)17-3-5-21(19(27)14-17)38-26(28,29)30/h3,5,14-16,18,23,33H,2,4,6-13H2,1H3/t16-,23-/m1/s1. The van der Waals surface area contributed by atoms with Crippen molar-refractivity contribution >= 4 is 11.7 Å². The summed E-state index contributed by atoms with van der Waals surface area (Å²) in [7, 11) is 0. The van der Waals surface area contributed by atoms with Crippen molar-refractivity contribution in [1.82, 2.24) is 20.2 Å². The van der Waals surface area contributed by atoms with Gasteiger partial charge in [-0.2, -0.15) is 0 Å². The Morgan fingerprint density at radius 2 is 1.87 bits per heavy atom. The lowest BCUT2D eigenvalue weighted by Crippen LogP contribution is -2.53. The Hall–Kier alpha value is -2.99. The maximum atomic E-state index is 14.6. The average molecular weight is 538 g/mol. The molecule has 1 aromatic carbocycles. The third-order valence-corrected chi connectivity index (χ3v) is 7.53. The zero-order valence-electron chi connectivity index (χ0n) is 21.1. The normalized spacial score (nSPS) is 21.3. The van der Waals surface area contributed by atoms with E-state index in [1.54, 1.807) is 11.2 Å². The van der Waals surface area contributed by atoms with Crippen molar-refractivity contribution in [2.45, 2.75) is 57.0 Å². The van der Waals surface area contributed by atoms with Crippen LogP contribution in [0.15, 0.2) is 24.5 Å². The zero-order valence-corrected chi connectivity index (χ0v) is 21.1. The van der Waals surface area contributed by atoms with Crippen LogP contribution in [0.2, 0.25) is 0 Å². The van der Waals surface area contributed by atoms with Crippen molar-refractivity contribution in [3.05, 3.63) is 47.2 Å². The van der Waals surface area contributed by atoms with Crippen LogP contribution in [-0.2, 0) is 16.0 Å². The van der Waals surface area contributed by atoms with E-state index >= 15 is 0 Å². The summed E-state index contributed by atoms with van der Waals surface area (Å²) in [5.41, 5.74) is 2.52. The molecule has 2 fully saturated rings. The molecule has 1 aromatic heterocycles. The largest absolute Gasteiger partial charge is 0.573 e. The van der Waals surface area contributed by atoms with Crippen LogP contribution in [0, 0.1) is 5.82 Å².